The third-order valence-corrected chi connectivity index (χ3v) is 5.18. The van der Waals surface area contributed by atoms with Gasteiger partial charge in [0.15, 0.2) is 5.03 Å². The predicted molar refractivity (Wildman–Crippen MR) is 102 cm³/mol. The second-order valence-corrected chi connectivity index (χ2v) is 7.29. The molecule has 2 rings (SSSR count). The third-order valence-electron chi connectivity index (χ3n) is 4.25. The van der Waals surface area contributed by atoms with Gasteiger partial charge in [0.2, 0.25) is 5.91 Å². The molecule has 1 amide bonds. The van der Waals surface area contributed by atoms with Crippen LogP contribution in [0.5, 0.6) is 0 Å². The average Bonchev–Trinajstić information content (AvgIpc) is 2.60. The Morgan fingerprint density at radius 1 is 1.46 bits per heavy atom. The molecular formula is C17H23N5O3S. The number of aryl methyl sites for hydroxylation is 1. The minimum Gasteiger partial charge on any atom is -0.272 e. The van der Waals surface area contributed by atoms with Crippen LogP contribution in [0.3, 0.4) is 0 Å². The van der Waals surface area contributed by atoms with Gasteiger partial charge in [-0.2, -0.15) is 10.2 Å². The van der Waals surface area contributed by atoms with Crippen LogP contribution in [0.15, 0.2) is 43.5 Å². The Labute approximate surface area is 155 Å². The normalized spacial score (nSPS) is 18.5. The molecule has 9 heteroatoms. The maximum absolute atomic E-state index is 12.0. The third kappa shape index (κ3) is 4.60. The minimum atomic E-state index is -0.521. The summed E-state index contributed by atoms with van der Waals surface area (Å²) in [7, 11) is 2.83. The van der Waals surface area contributed by atoms with Crippen LogP contribution in [0.1, 0.15) is 26.7 Å². The van der Waals surface area contributed by atoms with Crippen molar-refractivity contribution in [2.75, 3.05) is 5.75 Å². The zero-order chi connectivity index (χ0) is 19.4. The molecule has 1 atom stereocenters. The molecule has 1 aliphatic carbocycles. The fraction of sp³-hybridized carbons (Fsp3) is 0.471. The van der Waals surface area contributed by atoms with Gasteiger partial charge < -0.3 is 0 Å². The van der Waals surface area contributed by atoms with Crippen LogP contribution >= 0.6 is 11.8 Å². The van der Waals surface area contributed by atoms with Gasteiger partial charge >= 0.3 is 5.69 Å². The molecule has 0 aliphatic heterocycles. The van der Waals surface area contributed by atoms with Crippen molar-refractivity contribution >= 4 is 23.4 Å². The topological polar surface area (TPSA) is 98.3 Å². The second-order valence-electron chi connectivity index (χ2n) is 6.33. The van der Waals surface area contributed by atoms with E-state index in [4.69, 9.17) is 0 Å². The van der Waals surface area contributed by atoms with Crippen molar-refractivity contribution in [2.24, 2.45) is 25.1 Å². The zero-order valence-electron chi connectivity index (χ0n) is 15.4. The highest BCUT2D eigenvalue weighted by Crippen LogP contribution is 2.26. The number of allylic oxidation sites excluding steroid dienone is 3. The summed E-state index contributed by atoms with van der Waals surface area (Å²) in [5, 5.41) is 8.20. The fourth-order valence-corrected chi connectivity index (χ4v) is 3.25. The van der Waals surface area contributed by atoms with E-state index < -0.39 is 11.2 Å². The van der Waals surface area contributed by atoms with Crippen molar-refractivity contribution in [3.8, 4) is 0 Å². The number of hydrazone groups is 1. The molecule has 1 heterocycles. The Hall–Kier alpha value is -2.42. The van der Waals surface area contributed by atoms with E-state index in [1.165, 1.54) is 14.1 Å². The molecular weight excluding hydrogens is 354 g/mol. The maximum atomic E-state index is 12.0. The van der Waals surface area contributed by atoms with Gasteiger partial charge in [-0.3, -0.25) is 14.2 Å². The lowest BCUT2D eigenvalue weighted by Gasteiger charge is -2.22. The molecule has 1 N–H and O–H groups in total. The number of carbonyl (C=O) groups is 1. The molecule has 0 unspecified atom stereocenters. The van der Waals surface area contributed by atoms with Gasteiger partial charge in [-0.25, -0.2) is 14.9 Å². The fourth-order valence-electron chi connectivity index (χ4n) is 2.48. The summed E-state index contributed by atoms with van der Waals surface area (Å²) in [6, 6.07) is 0. The molecule has 140 valence electrons. The summed E-state index contributed by atoms with van der Waals surface area (Å²) in [5.41, 5.74) is 4.47. The van der Waals surface area contributed by atoms with E-state index in [0.29, 0.717) is 5.92 Å². The largest absolute Gasteiger partial charge is 0.346 e. The smallest absolute Gasteiger partial charge is 0.272 e. The van der Waals surface area contributed by atoms with Gasteiger partial charge in [0, 0.05) is 14.1 Å². The first-order valence-electron chi connectivity index (χ1n) is 8.15. The van der Waals surface area contributed by atoms with Crippen LogP contribution < -0.4 is 16.7 Å². The van der Waals surface area contributed by atoms with Crippen LogP contribution in [0, 0.1) is 5.92 Å². The minimum absolute atomic E-state index is 0.0239. The Morgan fingerprint density at radius 3 is 2.81 bits per heavy atom. The summed E-state index contributed by atoms with van der Waals surface area (Å²) in [4.78, 5) is 35.6. The Bertz CT molecular complexity index is 910. The number of amides is 1. The van der Waals surface area contributed by atoms with Crippen molar-refractivity contribution in [3.63, 3.8) is 0 Å². The molecule has 0 bridgehead atoms. The lowest BCUT2D eigenvalue weighted by Crippen LogP contribution is -2.39. The molecule has 1 aromatic rings. The van der Waals surface area contributed by atoms with Crippen LogP contribution in [0.4, 0.5) is 0 Å². The van der Waals surface area contributed by atoms with E-state index in [2.05, 4.69) is 28.3 Å². The number of hydrogen-bond acceptors (Lipinski definition) is 6. The lowest BCUT2D eigenvalue weighted by atomic mass is 9.85. The average molecular weight is 377 g/mol. The van der Waals surface area contributed by atoms with E-state index in [0.717, 1.165) is 50.7 Å². The Morgan fingerprint density at radius 2 is 2.15 bits per heavy atom. The number of hydrogen-bond donors (Lipinski definition) is 1. The van der Waals surface area contributed by atoms with Crippen molar-refractivity contribution in [1.82, 2.24) is 19.8 Å². The number of nitrogens with zero attached hydrogens (tertiary/aromatic N) is 4. The summed E-state index contributed by atoms with van der Waals surface area (Å²) < 4.78 is 2.03. The van der Waals surface area contributed by atoms with E-state index in [1.54, 1.807) is 0 Å². The summed E-state index contributed by atoms with van der Waals surface area (Å²) in [6.07, 6.45) is 3.78. The molecule has 8 nitrogen and oxygen atoms in total. The quantitative estimate of drug-likeness (QED) is 0.468. The highest BCUT2D eigenvalue weighted by molar-refractivity contribution is 7.99. The van der Waals surface area contributed by atoms with Crippen LogP contribution in [-0.2, 0) is 18.9 Å². The summed E-state index contributed by atoms with van der Waals surface area (Å²) in [5.74, 6) is -0.0313. The molecule has 1 aliphatic rings. The number of nitrogens with one attached hydrogen (secondary N) is 1. The second kappa shape index (κ2) is 8.31. The monoisotopic (exact) mass is 377 g/mol. The van der Waals surface area contributed by atoms with Gasteiger partial charge in [0.1, 0.15) is 0 Å². The first-order chi connectivity index (χ1) is 12.2. The number of thioether (sulfide) groups is 1. The summed E-state index contributed by atoms with van der Waals surface area (Å²) >= 11 is 0.971. The van der Waals surface area contributed by atoms with Crippen molar-refractivity contribution in [1.29, 1.82) is 0 Å². The predicted octanol–water partition coefficient (Wildman–Crippen LogP) is 0.976. The van der Waals surface area contributed by atoms with E-state index in [9.17, 15) is 14.4 Å². The molecule has 0 saturated heterocycles. The highest BCUT2D eigenvalue weighted by Gasteiger charge is 2.19. The molecule has 0 radical (unpaired) electrons. The molecule has 0 aromatic carbocycles. The first kappa shape index (κ1) is 19.9. The van der Waals surface area contributed by atoms with Gasteiger partial charge in [0.05, 0.1) is 11.5 Å². The Balaban J connectivity index is 2.01. The van der Waals surface area contributed by atoms with Crippen molar-refractivity contribution in [3.05, 3.63) is 44.6 Å². The van der Waals surface area contributed by atoms with Gasteiger partial charge in [-0.1, -0.05) is 30.0 Å². The van der Waals surface area contributed by atoms with Crippen LogP contribution in [-0.4, -0.2) is 31.7 Å². The number of aromatic nitrogens is 3. The lowest BCUT2D eigenvalue weighted by molar-refractivity contribution is -0.118. The summed E-state index contributed by atoms with van der Waals surface area (Å²) in [6.45, 7) is 7.94. The van der Waals surface area contributed by atoms with Gasteiger partial charge in [-0.05, 0) is 38.2 Å². The molecule has 0 saturated carbocycles. The maximum Gasteiger partial charge on any atom is 0.346 e. The standard InChI is InChI=1S/C17H23N5O3S/c1-10(2)12-7-6-11(3)13(8-12)18-19-14(23)9-26-15-16(24)21(4)17(25)22(5)20-15/h6,12H,1,7-9H2,2-5H3,(H,19,23)/b18-13-/t12-/m0/s1. The first-order valence-corrected chi connectivity index (χ1v) is 9.14. The molecule has 26 heavy (non-hydrogen) atoms. The molecule has 0 fully saturated rings. The van der Waals surface area contributed by atoms with E-state index in [1.807, 2.05) is 13.8 Å². The van der Waals surface area contributed by atoms with Crippen LogP contribution in [0.2, 0.25) is 0 Å². The van der Waals surface area contributed by atoms with Crippen molar-refractivity contribution in [2.45, 2.75) is 31.7 Å². The van der Waals surface area contributed by atoms with Crippen LogP contribution in [0.25, 0.3) is 0 Å². The Kier molecular flexibility index (Phi) is 6.36. The highest BCUT2D eigenvalue weighted by atomic mass is 32.2. The zero-order valence-corrected chi connectivity index (χ0v) is 16.2. The van der Waals surface area contributed by atoms with Gasteiger partial charge in [-0.15, -0.1) is 0 Å². The molecule has 0 spiro atoms. The molecule has 1 aromatic heterocycles. The SMILES string of the molecule is C=C(C)[C@H]1CC=C(C)/C(=N\NC(=O)CSc2nn(C)c(=O)n(C)c2=O)C1. The van der Waals surface area contributed by atoms with Crippen molar-refractivity contribution < 1.29 is 4.79 Å². The number of carbonyl (C=O) groups excluding carboxylic acids is 1. The van der Waals surface area contributed by atoms with E-state index >= 15 is 0 Å². The van der Waals surface area contributed by atoms with E-state index in [-0.39, 0.29) is 16.7 Å². The van der Waals surface area contributed by atoms with Gasteiger partial charge in [0.25, 0.3) is 5.56 Å². The number of rotatable bonds is 5.